The molecule has 1 heterocycles. The zero-order valence-electron chi connectivity index (χ0n) is 17.8. The number of ether oxygens (including phenoxy) is 1. The molecule has 3 rings (SSSR count). The SMILES string of the molecule is CC(O)(c1ccccc1OC(=O)c1ccn[nH]1)C(F)(F)F.Cc1cc(C(=O)O)cc(C(=O)O)c1. The number of aromatic carboxylic acids is 2. The van der Waals surface area contributed by atoms with Crippen LogP contribution in [0.5, 0.6) is 5.75 Å². The number of carbonyl (C=O) groups excluding carboxylic acids is 1. The molecule has 0 saturated heterocycles. The number of hydrogen-bond donors (Lipinski definition) is 4. The second kappa shape index (κ2) is 10.2. The lowest BCUT2D eigenvalue weighted by Gasteiger charge is -2.28. The third kappa shape index (κ3) is 6.19. The molecule has 0 fully saturated rings. The van der Waals surface area contributed by atoms with E-state index in [9.17, 15) is 32.7 Å². The van der Waals surface area contributed by atoms with Crippen LogP contribution in [0.3, 0.4) is 0 Å². The molecule has 0 aliphatic heterocycles. The van der Waals surface area contributed by atoms with E-state index in [0.717, 1.165) is 12.1 Å². The van der Waals surface area contributed by atoms with Crippen LogP contribution >= 0.6 is 0 Å². The summed E-state index contributed by atoms with van der Waals surface area (Å²) in [6, 6.07) is 10.2. The van der Waals surface area contributed by atoms with Crippen LogP contribution < -0.4 is 4.74 Å². The number of carbonyl (C=O) groups is 3. The summed E-state index contributed by atoms with van der Waals surface area (Å²) in [6.07, 6.45) is -3.61. The minimum Gasteiger partial charge on any atom is -0.478 e. The molecule has 3 aromatic rings. The molecule has 0 amide bonds. The van der Waals surface area contributed by atoms with Crippen molar-refractivity contribution in [3.63, 3.8) is 0 Å². The topological polar surface area (TPSA) is 150 Å². The number of H-pyrrole nitrogens is 1. The average Bonchev–Trinajstić information content (AvgIpc) is 3.28. The third-order valence-corrected chi connectivity index (χ3v) is 4.46. The molecule has 0 spiro atoms. The molecule has 0 saturated carbocycles. The first-order valence-corrected chi connectivity index (χ1v) is 9.42. The predicted octanol–water partition coefficient (Wildman–Crippen LogP) is 3.79. The van der Waals surface area contributed by atoms with Crippen LogP contribution in [0.2, 0.25) is 0 Å². The molecule has 4 N–H and O–H groups in total. The minimum absolute atomic E-state index is 0.00241. The van der Waals surface area contributed by atoms with Crippen molar-refractivity contribution in [3.05, 3.63) is 82.7 Å². The fraction of sp³-hybridized carbons (Fsp3) is 0.182. The van der Waals surface area contributed by atoms with E-state index in [-0.39, 0.29) is 22.6 Å². The van der Waals surface area contributed by atoms with Crippen molar-refractivity contribution >= 4 is 17.9 Å². The number of aryl methyl sites for hydroxylation is 1. The van der Waals surface area contributed by atoms with Gasteiger partial charge in [-0.1, -0.05) is 18.2 Å². The largest absolute Gasteiger partial charge is 0.478 e. The van der Waals surface area contributed by atoms with Crippen molar-refractivity contribution < 1.29 is 47.6 Å². The second-order valence-corrected chi connectivity index (χ2v) is 7.12. The number of aromatic amines is 1. The molecule has 1 unspecified atom stereocenters. The van der Waals surface area contributed by atoms with E-state index >= 15 is 0 Å². The Morgan fingerprint density at radius 3 is 2.00 bits per heavy atom. The molecule has 0 bridgehead atoms. The first-order valence-electron chi connectivity index (χ1n) is 9.42. The van der Waals surface area contributed by atoms with Crippen LogP contribution in [0, 0.1) is 6.92 Å². The molecule has 1 aromatic heterocycles. The standard InChI is InChI=1S/C13H11F3N2O3.C9H8O4/c1-12(20,13(14,15)16)8-4-2-3-5-10(8)21-11(19)9-6-7-17-18-9;1-5-2-6(8(10)11)4-7(3-5)9(12)13/h2-7,20H,1H3,(H,17,18);2-4H,1H3,(H,10,11)(H,12,13). The number of carboxylic acids is 2. The average molecular weight is 480 g/mol. The van der Waals surface area contributed by atoms with E-state index in [0.29, 0.717) is 12.5 Å². The van der Waals surface area contributed by atoms with Crippen LogP contribution in [0.15, 0.2) is 54.7 Å². The number of rotatable bonds is 5. The molecule has 12 heteroatoms. The summed E-state index contributed by atoms with van der Waals surface area (Å²) in [7, 11) is 0. The van der Waals surface area contributed by atoms with Gasteiger partial charge in [-0.15, -0.1) is 0 Å². The predicted molar refractivity (Wildman–Crippen MR) is 111 cm³/mol. The van der Waals surface area contributed by atoms with Crippen molar-refractivity contribution in [2.45, 2.75) is 25.6 Å². The number of nitrogens with one attached hydrogen (secondary N) is 1. The number of aliphatic hydroxyl groups is 1. The monoisotopic (exact) mass is 480 g/mol. The van der Waals surface area contributed by atoms with Gasteiger partial charge in [0.05, 0.1) is 11.1 Å². The Morgan fingerprint density at radius 1 is 0.971 bits per heavy atom. The maximum atomic E-state index is 12.9. The lowest BCUT2D eigenvalue weighted by molar-refractivity contribution is -0.259. The minimum atomic E-state index is -4.91. The second-order valence-electron chi connectivity index (χ2n) is 7.12. The van der Waals surface area contributed by atoms with Gasteiger partial charge in [0.1, 0.15) is 11.4 Å². The number of nitrogens with zero attached hydrogens (tertiary/aromatic N) is 1. The van der Waals surface area contributed by atoms with Gasteiger partial charge in [0.2, 0.25) is 0 Å². The number of aromatic nitrogens is 2. The van der Waals surface area contributed by atoms with Crippen LogP contribution in [0.1, 0.15) is 49.3 Å². The van der Waals surface area contributed by atoms with Crippen molar-refractivity contribution in [1.29, 1.82) is 0 Å². The van der Waals surface area contributed by atoms with Gasteiger partial charge < -0.3 is 20.1 Å². The van der Waals surface area contributed by atoms with Gasteiger partial charge in [0.15, 0.2) is 5.60 Å². The van der Waals surface area contributed by atoms with E-state index in [4.69, 9.17) is 14.9 Å². The van der Waals surface area contributed by atoms with Gasteiger partial charge in [-0.05, 0) is 49.7 Å². The number of alkyl halides is 3. The Hall–Kier alpha value is -4.19. The molecule has 1 atom stereocenters. The first-order chi connectivity index (χ1) is 15.7. The fourth-order valence-electron chi connectivity index (χ4n) is 2.66. The summed E-state index contributed by atoms with van der Waals surface area (Å²) >= 11 is 0. The molecular weight excluding hydrogens is 461 g/mol. The molecular formula is C22H19F3N2O7. The zero-order valence-corrected chi connectivity index (χ0v) is 17.8. The lowest BCUT2D eigenvalue weighted by Crippen LogP contribution is -2.39. The van der Waals surface area contributed by atoms with Crippen LogP contribution in [0.4, 0.5) is 13.2 Å². The number of benzene rings is 2. The Labute approximate surface area is 190 Å². The van der Waals surface area contributed by atoms with Gasteiger partial charge in [0, 0.05) is 11.8 Å². The number of hydrogen-bond acceptors (Lipinski definition) is 6. The van der Waals surface area contributed by atoms with E-state index in [1.165, 1.54) is 42.6 Å². The Balaban J connectivity index is 0.000000270. The van der Waals surface area contributed by atoms with E-state index in [1.807, 2.05) is 0 Å². The van der Waals surface area contributed by atoms with Crippen molar-refractivity contribution in [2.24, 2.45) is 0 Å². The maximum Gasteiger partial charge on any atom is 0.421 e. The van der Waals surface area contributed by atoms with Gasteiger partial charge in [0.25, 0.3) is 0 Å². The van der Waals surface area contributed by atoms with Crippen molar-refractivity contribution in [3.8, 4) is 5.75 Å². The number of para-hydroxylation sites is 1. The molecule has 0 radical (unpaired) electrons. The lowest BCUT2D eigenvalue weighted by atomic mass is 9.94. The van der Waals surface area contributed by atoms with Crippen molar-refractivity contribution in [1.82, 2.24) is 10.2 Å². The summed E-state index contributed by atoms with van der Waals surface area (Å²) < 4.78 is 43.6. The van der Waals surface area contributed by atoms with Gasteiger partial charge in [-0.2, -0.15) is 18.3 Å². The summed E-state index contributed by atoms with van der Waals surface area (Å²) in [5.74, 6) is -3.52. The van der Waals surface area contributed by atoms with E-state index < -0.39 is 35.2 Å². The number of carboxylic acid groups (broad SMARTS) is 2. The Bertz CT molecular complexity index is 1160. The van der Waals surface area contributed by atoms with E-state index in [1.54, 1.807) is 6.92 Å². The number of esters is 1. The molecule has 0 aliphatic rings. The highest BCUT2D eigenvalue weighted by Gasteiger charge is 2.52. The van der Waals surface area contributed by atoms with Crippen LogP contribution in [-0.2, 0) is 5.60 Å². The molecule has 9 nitrogen and oxygen atoms in total. The van der Waals surface area contributed by atoms with Gasteiger partial charge in [-0.3, -0.25) is 5.10 Å². The molecule has 0 aliphatic carbocycles. The first kappa shape index (κ1) is 26.1. The van der Waals surface area contributed by atoms with Crippen LogP contribution in [-0.4, -0.2) is 49.6 Å². The van der Waals surface area contributed by atoms with Crippen molar-refractivity contribution in [2.75, 3.05) is 0 Å². The fourth-order valence-corrected chi connectivity index (χ4v) is 2.66. The normalized spacial score (nSPS) is 12.6. The highest BCUT2D eigenvalue weighted by Crippen LogP contribution is 2.42. The zero-order chi connectivity index (χ0) is 25.7. The third-order valence-electron chi connectivity index (χ3n) is 4.46. The number of halogens is 3. The van der Waals surface area contributed by atoms with E-state index in [2.05, 4.69) is 10.2 Å². The van der Waals surface area contributed by atoms with Gasteiger partial charge >= 0.3 is 24.1 Å². The van der Waals surface area contributed by atoms with Gasteiger partial charge in [-0.25, -0.2) is 14.4 Å². The smallest absolute Gasteiger partial charge is 0.421 e. The summed E-state index contributed by atoms with van der Waals surface area (Å²) in [5, 5.41) is 32.8. The highest BCUT2D eigenvalue weighted by atomic mass is 19.4. The molecule has 34 heavy (non-hydrogen) atoms. The quantitative estimate of drug-likeness (QED) is 0.318. The molecule has 2 aromatic carbocycles. The Morgan fingerprint density at radius 2 is 1.53 bits per heavy atom. The maximum absolute atomic E-state index is 12.9. The highest BCUT2D eigenvalue weighted by molar-refractivity contribution is 5.94. The summed E-state index contributed by atoms with van der Waals surface area (Å²) in [4.78, 5) is 32.8. The molecule has 180 valence electrons. The van der Waals surface area contributed by atoms with Crippen LogP contribution in [0.25, 0.3) is 0 Å². The Kier molecular flexibility index (Phi) is 7.80. The summed E-state index contributed by atoms with van der Waals surface area (Å²) in [6.45, 7) is 2.24. The summed E-state index contributed by atoms with van der Waals surface area (Å²) in [5.41, 5.74) is -3.09.